The van der Waals surface area contributed by atoms with Crippen molar-refractivity contribution >= 4 is 5.69 Å². The lowest BCUT2D eigenvalue weighted by Crippen LogP contribution is -2.22. The van der Waals surface area contributed by atoms with Gasteiger partial charge in [-0.1, -0.05) is 0 Å². The average molecular weight is 224 g/mol. The molecule has 2 nitrogen and oxygen atoms in total. The molecule has 1 aromatic rings. The van der Waals surface area contributed by atoms with Gasteiger partial charge in [0.1, 0.15) is 5.82 Å². The maximum absolute atomic E-state index is 13.6. The highest BCUT2D eigenvalue weighted by molar-refractivity contribution is 5.56. The molecule has 16 heavy (non-hydrogen) atoms. The van der Waals surface area contributed by atoms with Crippen LogP contribution in [0.1, 0.15) is 31.0 Å². The van der Waals surface area contributed by atoms with Crippen LogP contribution in [0.15, 0.2) is 12.1 Å². The average Bonchev–Trinajstić information content (AvgIpc) is 2.30. The normalized spacial score (nSPS) is 12.6. The quantitative estimate of drug-likeness (QED) is 0.846. The van der Waals surface area contributed by atoms with Crippen LogP contribution in [0.2, 0.25) is 0 Å². The monoisotopic (exact) mass is 224 g/mol. The molecule has 0 aliphatic carbocycles. The van der Waals surface area contributed by atoms with Gasteiger partial charge in [-0.15, -0.1) is 0 Å². The van der Waals surface area contributed by atoms with Crippen molar-refractivity contribution in [2.45, 2.75) is 26.8 Å². The second-order valence-electron chi connectivity index (χ2n) is 4.18. The van der Waals surface area contributed by atoms with Gasteiger partial charge in [0.25, 0.3) is 0 Å². The zero-order chi connectivity index (χ0) is 12.3. The summed E-state index contributed by atoms with van der Waals surface area (Å²) in [6.45, 7) is 6.84. The van der Waals surface area contributed by atoms with Crippen LogP contribution in [0.5, 0.6) is 0 Å². The molecule has 1 atom stereocenters. The van der Waals surface area contributed by atoms with Crippen molar-refractivity contribution in [1.29, 1.82) is 0 Å². The van der Waals surface area contributed by atoms with Gasteiger partial charge in [-0.3, -0.25) is 0 Å². The SMILES string of the molecule is CCN(C)c1cc(C)c(F)cc1C(C)NC. The third-order valence-electron chi connectivity index (χ3n) is 3.09. The van der Waals surface area contributed by atoms with E-state index < -0.39 is 0 Å². The van der Waals surface area contributed by atoms with E-state index in [-0.39, 0.29) is 11.9 Å². The maximum atomic E-state index is 13.6. The summed E-state index contributed by atoms with van der Waals surface area (Å²) in [5.41, 5.74) is 2.81. The predicted octanol–water partition coefficient (Wildman–Crippen LogP) is 2.87. The van der Waals surface area contributed by atoms with Crippen LogP contribution >= 0.6 is 0 Å². The summed E-state index contributed by atoms with van der Waals surface area (Å²) in [6, 6.07) is 3.71. The highest BCUT2D eigenvalue weighted by Crippen LogP contribution is 2.28. The van der Waals surface area contributed by atoms with Crippen molar-refractivity contribution in [2.24, 2.45) is 0 Å². The minimum absolute atomic E-state index is 0.134. The minimum Gasteiger partial charge on any atom is -0.375 e. The van der Waals surface area contributed by atoms with Crippen molar-refractivity contribution in [2.75, 3.05) is 25.5 Å². The van der Waals surface area contributed by atoms with Gasteiger partial charge in [0.2, 0.25) is 0 Å². The Labute approximate surface area is 97.5 Å². The van der Waals surface area contributed by atoms with Gasteiger partial charge in [-0.05, 0) is 51.1 Å². The molecule has 1 N–H and O–H groups in total. The fourth-order valence-corrected chi connectivity index (χ4v) is 1.68. The Morgan fingerprint density at radius 2 is 2.06 bits per heavy atom. The van der Waals surface area contributed by atoms with Gasteiger partial charge in [0.15, 0.2) is 0 Å². The van der Waals surface area contributed by atoms with E-state index in [9.17, 15) is 4.39 Å². The molecule has 0 aromatic heterocycles. The first-order chi connectivity index (χ1) is 7.51. The Morgan fingerprint density at radius 3 is 2.56 bits per heavy atom. The number of halogens is 1. The minimum atomic E-state index is -0.134. The first-order valence-corrected chi connectivity index (χ1v) is 5.69. The van der Waals surface area contributed by atoms with Gasteiger partial charge in [0, 0.05) is 25.3 Å². The van der Waals surface area contributed by atoms with Gasteiger partial charge in [-0.2, -0.15) is 0 Å². The first-order valence-electron chi connectivity index (χ1n) is 5.69. The fourth-order valence-electron chi connectivity index (χ4n) is 1.68. The Balaban J connectivity index is 3.27. The van der Waals surface area contributed by atoms with Crippen LogP contribution < -0.4 is 10.2 Å². The van der Waals surface area contributed by atoms with Crippen molar-refractivity contribution < 1.29 is 4.39 Å². The number of rotatable bonds is 4. The molecule has 90 valence electrons. The topological polar surface area (TPSA) is 15.3 Å². The molecule has 3 heteroatoms. The van der Waals surface area contributed by atoms with E-state index >= 15 is 0 Å². The summed E-state index contributed by atoms with van der Waals surface area (Å²) in [4.78, 5) is 2.13. The number of nitrogens with zero attached hydrogens (tertiary/aromatic N) is 1. The summed E-state index contributed by atoms with van der Waals surface area (Å²) in [5, 5.41) is 3.15. The summed E-state index contributed by atoms with van der Waals surface area (Å²) in [6.07, 6.45) is 0. The highest BCUT2D eigenvalue weighted by Gasteiger charge is 2.14. The Kier molecular flexibility index (Phi) is 4.30. The van der Waals surface area contributed by atoms with Crippen molar-refractivity contribution in [3.63, 3.8) is 0 Å². The van der Waals surface area contributed by atoms with Crippen LogP contribution in [-0.4, -0.2) is 20.6 Å². The van der Waals surface area contributed by atoms with Gasteiger partial charge in [-0.25, -0.2) is 4.39 Å². The Morgan fingerprint density at radius 1 is 1.44 bits per heavy atom. The Bertz CT molecular complexity index is 328. The zero-order valence-corrected chi connectivity index (χ0v) is 10.8. The van der Waals surface area contributed by atoms with Crippen LogP contribution in [-0.2, 0) is 0 Å². The lowest BCUT2D eigenvalue weighted by molar-refractivity contribution is 0.600. The standard InChI is InChI=1S/C13H21FN2/c1-6-16(5)13-7-9(2)12(14)8-11(13)10(3)15-4/h7-8,10,15H,6H2,1-5H3. The number of aryl methyl sites for hydroxylation is 1. The third kappa shape index (κ3) is 2.53. The second-order valence-corrected chi connectivity index (χ2v) is 4.18. The van der Waals surface area contributed by atoms with Crippen LogP contribution in [0.25, 0.3) is 0 Å². The summed E-state index contributed by atoms with van der Waals surface area (Å²) >= 11 is 0. The van der Waals surface area contributed by atoms with Gasteiger partial charge >= 0.3 is 0 Å². The molecular formula is C13H21FN2. The summed E-state index contributed by atoms with van der Waals surface area (Å²) in [7, 11) is 3.91. The molecule has 1 unspecified atom stereocenters. The largest absolute Gasteiger partial charge is 0.375 e. The fraction of sp³-hybridized carbons (Fsp3) is 0.538. The lowest BCUT2D eigenvalue weighted by Gasteiger charge is -2.24. The summed E-state index contributed by atoms with van der Waals surface area (Å²) < 4.78 is 13.6. The maximum Gasteiger partial charge on any atom is 0.126 e. The van der Waals surface area contributed by atoms with E-state index in [1.807, 2.05) is 27.1 Å². The van der Waals surface area contributed by atoms with Gasteiger partial charge < -0.3 is 10.2 Å². The molecule has 0 saturated heterocycles. The van der Waals surface area contributed by atoms with E-state index in [0.717, 1.165) is 17.8 Å². The number of hydrogen-bond acceptors (Lipinski definition) is 2. The number of anilines is 1. The molecule has 0 aliphatic rings. The molecule has 1 aromatic carbocycles. The molecule has 0 bridgehead atoms. The molecule has 1 rings (SSSR count). The molecule has 0 spiro atoms. The second kappa shape index (κ2) is 5.30. The van der Waals surface area contributed by atoms with Crippen LogP contribution in [0, 0.1) is 12.7 Å². The van der Waals surface area contributed by atoms with Crippen molar-refractivity contribution in [1.82, 2.24) is 5.32 Å². The van der Waals surface area contributed by atoms with Crippen LogP contribution in [0.3, 0.4) is 0 Å². The van der Waals surface area contributed by atoms with Crippen molar-refractivity contribution in [3.8, 4) is 0 Å². The Hall–Kier alpha value is -1.09. The van der Waals surface area contributed by atoms with E-state index in [1.165, 1.54) is 0 Å². The lowest BCUT2D eigenvalue weighted by atomic mass is 10.0. The molecule has 0 heterocycles. The molecule has 0 amide bonds. The molecule has 0 aliphatic heterocycles. The smallest absolute Gasteiger partial charge is 0.126 e. The van der Waals surface area contributed by atoms with Crippen LogP contribution in [0.4, 0.5) is 10.1 Å². The highest BCUT2D eigenvalue weighted by atomic mass is 19.1. The van der Waals surface area contributed by atoms with Crippen molar-refractivity contribution in [3.05, 3.63) is 29.1 Å². The summed E-state index contributed by atoms with van der Waals surface area (Å²) in [5.74, 6) is -0.134. The number of benzene rings is 1. The molecule has 0 saturated carbocycles. The van der Waals surface area contributed by atoms with E-state index in [2.05, 4.69) is 17.1 Å². The molecule has 0 fully saturated rings. The predicted molar refractivity (Wildman–Crippen MR) is 67.6 cm³/mol. The molecular weight excluding hydrogens is 203 g/mol. The zero-order valence-electron chi connectivity index (χ0n) is 10.8. The van der Waals surface area contributed by atoms with E-state index in [1.54, 1.807) is 13.0 Å². The number of nitrogens with one attached hydrogen (secondary N) is 1. The molecule has 0 radical (unpaired) electrons. The third-order valence-corrected chi connectivity index (χ3v) is 3.09. The number of hydrogen-bond donors (Lipinski definition) is 1. The van der Waals surface area contributed by atoms with E-state index in [4.69, 9.17) is 0 Å². The first kappa shape index (κ1) is 13.0. The van der Waals surface area contributed by atoms with E-state index in [0.29, 0.717) is 5.56 Å². The van der Waals surface area contributed by atoms with Gasteiger partial charge in [0.05, 0.1) is 0 Å².